The molecule has 0 radical (unpaired) electrons. The van der Waals surface area contributed by atoms with Crippen LogP contribution < -0.4 is 5.32 Å². The van der Waals surface area contributed by atoms with Crippen molar-refractivity contribution in [1.82, 2.24) is 5.32 Å². The molecule has 0 fully saturated rings. The summed E-state index contributed by atoms with van der Waals surface area (Å²) in [5, 5.41) is 3.55. The molecule has 0 aromatic heterocycles. The largest absolute Gasteiger partial charge is 0.466 e. The van der Waals surface area contributed by atoms with Crippen molar-refractivity contribution in [2.24, 2.45) is 17.8 Å². The van der Waals surface area contributed by atoms with Crippen LogP contribution in [0.3, 0.4) is 0 Å². The number of ether oxygens (including phenoxy) is 1. The van der Waals surface area contributed by atoms with E-state index in [1.807, 2.05) is 6.92 Å². The van der Waals surface area contributed by atoms with Crippen LogP contribution in [0, 0.1) is 17.8 Å². The maximum Gasteiger partial charge on any atom is 0.305 e. The highest BCUT2D eigenvalue weighted by Gasteiger charge is 2.16. The second-order valence-corrected chi connectivity index (χ2v) is 5.97. The van der Waals surface area contributed by atoms with Crippen molar-refractivity contribution in [1.29, 1.82) is 0 Å². The zero-order valence-electron chi connectivity index (χ0n) is 13.5. The highest BCUT2D eigenvalue weighted by Crippen LogP contribution is 2.19. The van der Waals surface area contributed by atoms with Gasteiger partial charge in [-0.05, 0) is 50.6 Å². The Bertz CT molecular complexity index is 219. The molecule has 19 heavy (non-hydrogen) atoms. The van der Waals surface area contributed by atoms with E-state index in [-0.39, 0.29) is 5.97 Å². The first-order chi connectivity index (χ1) is 8.99. The number of nitrogens with one attached hydrogen (secondary N) is 1. The van der Waals surface area contributed by atoms with E-state index in [1.54, 1.807) is 0 Å². The standard InChI is InChI=1S/C16H33NO2/c1-6-19-16(18)10-8-7-9-11-17-12-15(13(2)3)14(4)5/h13-15,17H,6-12H2,1-5H3. The van der Waals surface area contributed by atoms with Gasteiger partial charge in [-0.1, -0.05) is 34.1 Å². The van der Waals surface area contributed by atoms with Crippen LogP contribution in [-0.2, 0) is 9.53 Å². The average molecular weight is 271 g/mol. The monoisotopic (exact) mass is 271 g/mol. The summed E-state index contributed by atoms with van der Waals surface area (Å²) in [7, 11) is 0. The number of hydrogen-bond donors (Lipinski definition) is 1. The smallest absolute Gasteiger partial charge is 0.305 e. The van der Waals surface area contributed by atoms with Gasteiger partial charge in [0, 0.05) is 6.42 Å². The molecule has 1 N–H and O–H groups in total. The molecule has 114 valence electrons. The summed E-state index contributed by atoms with van der Waals surface area (Å²) in [5.74, 6) is 2.15. The predicted molar refractivity (Wildman–Crippen MR) is 81.1 cm³/mol. The number of carbonyl (C=O) groups is 1. The Morgan fingerprint density at radius 2 is 1.68 bits per heavy atom. The highest BCUT2D eigenvalue weighted by atomic mass is 16.5. The summed E-state index contributed by atoms with van der Waals surface area (Å²) < 4.78 is 4.90. The van der Waals surface area contributed by atoms with Crippen molar-refractivity contribution >= 4 is 5.97 Å². The normalized spacial score (nSPS) is 11.6. The van der Waals surface area contributed by atoms with E-state index in [2.05, 4.69) is 33.0 Å². The Labute approximate surface area is 119 Å². The molecular weight excluding hydrogens is 238 g/mol. The number of unbranched alkanes of at least 4 members (excludes halogenated alkanes) is 2. The van der Waals surface area contributed by atoms with Gasteiger partial charge in [0.05, 0.1) is 6.61 Å². The first-order valence-corrected chi connectivity index (χ1v) is 7.85. The fourth-order valence-electron chi connectivity index (χ4n) is 2.44. The summed E-state index contributed by atoms with van der Waals surface area (Å²) in [6.07, 6.45) is 3.74. The van der Waals surface area contributed by atoms with Gasteiger partial charge in [0.1, 0.15) is 0 Å². The zero-order valence-corrected chi connectivity index (χ0v) is 13.5. The minimum atomic E-state index is -0.0601. The average Bonchev–Trinajstić information content (AvgIpc) is 2.31. The SMILES string of the molecule is CCOC(=O)CCCCCNCC(C(C)C)C(C)C. The Morgan fingerprint density at radius 1 is 1.05 bits per heavy atom. The number of carbonyl (C=O) groups excluding carboxylic acids is 1. The lowest BCUT2D eigenvalue weighted by atomic mass is 9.85. The molecule has 0 spiro atoms. The highest BCUT2D eigenvalue weighted by molar-refractivity contribution is 5.69. The van der Waals surface area contributed by atoms with E-state index in [4.69, 9.17) is 4.74 Å². The molecule has 3 heteroatoms. The maximum atomic E-state index is 11.1. The van der Waals surface area contributed by atoms with Crippen LogP contribution in [0.15, 0.2) is 0 Å². The lowest BCUT2D eigenvalue weighted by molar-refractivity contribution is -0.143. The lowest BCUT2D eigenvalue weighted by Crippen LogP contribution is -2.30. The molecular formula is C16H33NO2. The van der Waals surface area contributed by atoms with Crippen LogP contribution in [0.1, 0.15) is 60.3 Å². The summed E-state index contributed by atoms with van der Waals surface area (Å²) in [5.41, 5.74) is 0. The predicted octanol–water partition coefficient (Wildman–Crippen LogP) is 3.63. The van der Waals surface area contributed by atoms with E-state index in [0.717, 1.165) is 50.1 Å². The molecule has 0 saturated carbocycles. The van der Waals surface area contributed by atoms with Gasteiger partial charge >= 0.3 is 5.97 Å². The van der Waals surface area contributed by atoms with Gasteiger partial charge in [-0.15, -0.1) is 0 Å². The van der Waals surface area contributed by atoms with Crippen molar-refractivity contribution in [2.45, 2.75) is 60.3 Å². The quantitative estimate of drug-likeness (QED) is 0.461. The molecule has 0 amide bonds. The molecule has 0 aromatic rings. The van der Waals surface area contributed by atoms with Gasteiger partial charge < -0.3 is 10.1 Å². The van der Waals surface area contributed by atoms with E-state index in [1.165, 1.54) is 0 Å². The van der Waals surface area contributed by atoms with Gasteiger partial charge in [-0.25, -0.2) is 0 Å². The molecule has 0 saturated heterocycles. The van der Waals surface area contributed by atoms with Crippen molar-refractivity contribution in [3.05, 3.63) is 0 Å². The van der Waals surface area contributed by atoms with Crippen molar-refractivity contribution in [3.63, 3.8) is 0 Å². The third-order valence-electron chi connectivity index (χ3n) is 3.63. The topological polar surface area (TPSA) is 38.3 Å². The molecule has 0 aliphatic rings. The fraction of sp³-hybridized carbons (Fsp3) is 0.938. The second kappa shape index (κ2) is 11.3. The van der Waals surface area contributed by atoms with Crippen LogP contribution in [0.25, 0.3) is 0 Å². The molecule has 0 unspecified atom stereocenters. The number of rotatable bonds is 11. The minimum Gasteiger partial charge on any atom is -0.466 e. The van der Waals surface area contributed by atoms with Gasteiger partial charge in [0.15, 0.2) is 0 Å². The third kappa shape index (κ3) is 9.94. The molecule has 0 heterocycles. The van der Waals surface area contributed by atoms with Crippen molar-refractivity contribution in [3.8, 4) is 0 Å². The summed E-state index contributed by atoms with van der Waals surface area (Å²) in [6, 6.07) is 0. The lowest BCUT2D eigenvalue weighted by Gasteiger charge is -2.25. The van der Waals surface area contributed by atoms with Crippen molar-refractivity contribution < 1.29 is 9.53 Å². The fourth-order valence-corrected chi connectivity index (χ4v) is 2.44. The zero-order chi connectivity index (χ0) is 14.7. The first kappa shape index (κ1) is 18.4. The first-order valence-electron chi connectivity index (χ1n) is 7.85. The molecule has 0 aliphatic heterocycles. The molecule has 3 nitrogen and oxygen atoms in total. The van der Waals surface area contributed by atoms with Crippen molar-refractivity contribution in [2.75, 3.05) is 19.7 Å². The van der Waals surface area contributed by atoms with E-state index >= 15 is 0 Å². The molecule has 0 aliphatic carbocycles. The van der Waals surface area contributed by atoms with Gasteiger partial charge in [0.2, 0.25) is 0 Å². The van der Waals surface area contributed by atoms with Crippen LogP contribution in [-0.4, -0.2) is 25.7 Å². The Hall–Kier alpha value is -0.570. The van der Waals surface area contributed by atoms with Crippen LogP contribution in [0.4, 0.5) is 0 Å². The van der Waals surface area contributed by atoms with E-state index in [0.29, 0.717) is 13.0 Å². The molecule has 0 aromatic carbocycles. The summed E-state index contributed by atoms with van der Waals surface area (Å²) in [6.45, 7) is 13.7. The van der Waals surface area contributed by atoms with Crippen LogP contribution in [0.5, 0.6) is 0 Å². The van der Waals surface area contributed by atoms with Gasteiger partial charge in [-0.3, -0.25) is 4.79 Å². The maximum absolute atomic E-state index is 11.1. The molecule has 0 rings (SSSR count). The molecule has 0 bridgehead atoms. The summed E-state index contributed by atoms with van der Waals surface area (Å²) in [4.78, 5) is 11.1. The van der Waals surface area contributed by atoms with Crippen LogP contribution in [0.2, 0.25) is 0 Å². The number of esters is 1. The Kier molecular flexibility index (Phi) is 10.9. The van der Waals surface area contributed by atoms with E-state index < -0.39 is 0 Å². The third-order valence-corrected chi connectivity index (χ3v) is 3.63. The van der Waals surface area contributed by atoms with Gasteiger partial charge in [-0.2, -0.15) is 0 Å². The molecule has 0 atom stereocenters. The van der Waals surface area contributed by atoms with Crippen LogP contribution >= 0.6 is 0 Å². The van der Waals surface area contributed by atoms with Gasteiger partial charge in [0.25, 0.3) is 0 Å². The Balaban J connectivity index is 3.47. The second-order valence-electron chi connectivity index (χ2n) is 5.97. The summed E-state index contributed by atoms with van der Waals surface area (Å²) >= 11 is 0. The van der Waals surface area contributed by atoms with E-state index in [9.17, 15) is 4.79 Å². The number of hydrogen-bond acceptors (Lipinski definition) is 3. The Morgan fingerprint density at radius 3 is 2.21 bits per heavy atom. The minimum absolute atomic E-state index is 0.0601.